The fraction of sp³-hybridized carbons (Fsp3) is 0.467. The second kappa shape index (κ2) is 7.29. The minimum absolute atomic E-state index is 0.0109. The summed E-state index contributed by atoms with van der Waals surface area (Å²) in [6.45, 7) is 0.498. The van der Waals surface area contributed by atoms with Crippen molar-refractivity contribution in [1.82, 2.24) is 5.32 Å². The molecule has 20 heavy (non-hydrogen) atoms. The molecule has 1 aromatic rings. The Kier molecular flexibility index (Phi) is 5.41. The summed E-state index contributed by atoms with van der Waals surface area (Å²) in [4.78, 5) is 23.0. The zero-order chi connectivity index (χ0) is 14.4. The van der Waals surface area contributed by atoms with Crippen LogP contribution in [-0.4, -0.2) is 17.7 Å². The third kappa shape index (κ3) is 4.85. The minimum Gasteiger partial charge on any atom is -0.352 e. The first kappa shape index (κ1) is 14.9. The molecule has 4 nitrogen and oxygen atoms in total. The van der Waals surface area contributed by atoms with Gasteiger partial charge < -0.3 is 10.6 Å². The molecule has 0 atom stereocenters. The van der Waals surface area contributed by atoms with E-state index in [2.05, 4.69) is 10.6 Å². The van der Waals surface area contributed by atoms with Crippen LogP contribution in [0.1, 0.15) is 31.2 Å². The molecule has 0 bridgehead atoms. The fourth-order valence-corrected chi connectivity index (χ4v) is 1.95. The summed E-state index contributed by atoms with van der Waals surface area (Å²) >= 11 is 5.53. The fourth-order valence-electron chi connectivity index (χ4n) is 1.81. The lowest BCUT2D eigenvalue weighted by atomic mass is 10.2. The average Bonchev–Trinajstić information content (AvgIpc) is 3.29. The lowest BCUT2D eigenvalue weighted by Gasteiger charge is -2.07. The molecular formula is C15H19ClN2O2. The summed E-state index contributed by atoms with van der Waals surface area (Å²) in [5, 5.41) is 5.72. The molecular weight excluding hydrogens is 276 g/mol. The molecule has 1 fully saturated rings. The van der Waals surface area contributed by atoms with Crippen molar-refractivity contribution in [1.29, 1.82) is 0 Å². The SMILES string of the molecule is O=C(CCCCl)NCc1ccc(NC(=O)C2CC2)cc1. The Hall–Kier alpha value is -1.55. The van der Waals surface area contributed by atoms with E-state index in [1.54, 1.807) is 0 Å². The van der Waals surface area contributed by atoms with Crippen LogP contribution in [0.25, 0.3) is 0 Å². The Balaban J connectivity index is 1.76. The van der Waals surface area contributed by atoms with E-state index in [-0.39, 0.29) is 17.7 Å². The van der Waals surface area contributed by atoms with Gasteiger partial charge in [0.05, 0.1) is 0 Å². The van der Waals surface area contributed by atoms with Crippen molar-refractivity contribution >= 4 is 29.1 Å². The zero-order valence-electron chi connectivity index (χ0n) is 11.3. The van der Waals surface area contributed by atoms with E-state index in [1.165, 1.54) is 0 Å². The van der Waals surface area contributed by atoms with E-state index in [9.17, 15) is 9.59 Å². The van der Waals surface area contributed by atoms with Crippen molar-refractivity contribution in [2.24, 2.45) is 5.92 Å². The molecule has 5 heteroatoms. The van der Waals surface area contributed by atoms with Gasteiger partial charge in [-0.2, -0.15) is 0 Å². The number of rotatable bonds is 7. The third-order valence-corrected chi connectivity index (χ3v) is 3.46. The van der Waals surface area contributed by atoms with Crippen LogP contribution in [0.15, 0.2) is 24.3 Å². The van der Waals surface area contributed by atoms with Crippen LogP contribution in [0.3, 0.4) is 0 Å². The van der Waals surface area contributed by atoms with Crippen LogP contribution < -0.4 is 10.6 Å². The number of anilines is 1. The molecule has 0 aromatic heterocycles. The Bertz CT molecular complexity index is 469. The van der Waals surface area contributed by atoms with Crippen LogP contribution >= 0.6 is 11.6 Å². The van der Waals surface area contributed by atoms with Gasteiger partial charge in [-0.1, -0.05) is 12.1 Å². The van der Waals surface area contributed by atoms with Gasteiger partial charge in [0, 0.05) is 30.5 Å². The quantitative estimate of drug-likeness (QED) is 0.760. The van der Waals surface area contributed by atoms with Crippen LogP contribution in [0.4, 0.5) is 5.69 Å². The van der Waals surface area contributed by atoms with E-state index < -0.39 is 0 Å². The lowest BCUT2D eigenvalue weighted by Crippen LogP contribution is -2.22. The Morgan fingerprint density at radius 3 is 2.50 bits per heavy atom. The summed E-state index contributed by atoms with van der Waals surface area (Å²) in [5.41, 5.74) is 1.81. The standard InChI is InChI=1S/C15H19ClN2O2/c16-9-1-2-14(19)17-10-11-3-7-13(8-4-11)18-15(20)12-5-6-12/h3-4,7-8,12H,1-2,5-6,9-10H2,(H,17,19)(H,18,20). The molecule has 1 aliphatic rings. The molecule has 1 saturated carbocycles. The van der Waals surface area contributed by atoms with E-state index in [1.807, 2.05) is 24.3 Å². The zero-order valence-corrected chi connectivity index (χ0v) is 12.1. The van der Waals surface area contributed by atoms with E-state index in [4.69, 9.17) is 11.6 Å². The van der Waals surface area contributed by atoms with Crippen LogP contribution in [0, 0.1) is 5.92 Å². The number of carbonyl (C=O) groups is 2. The van der Waals surface area contributed by atoms with Crippen molar-refractivity contribution in [2.45, 2.75) is 32.2 Å². The molecule has 0 saturated heterocycles. The molecule has 0 aliphatic heterocycles. The molecule has 108 valence electrons. The maximum absolute atomic E-state index is 11.6. The number of nitrogens with one attached hydrogen (secondary N) is 2. The Morgan fingerprint density at radius 2 is 1.90 bits per heavy atom. The number of hydrogen-bond acceptors (Lipinski definition) is 2. The second-order valence-electron chi connectivity index (χ2n) is 5.03. The number of halogens is 1. The largest absolute Gasteiger partial charge is 0.352 e. The van der Waals surface area contributed by atoms with Crippen molar-refractivity contribution in [2.75, 3.05) is 11.2 Å². The third-order valence-electron chi connectivity index (χ3n) is 3.20. The molecule has 1 aromatic carbocycles. The minimum atomic E-state index is 0.0109. The molecule has 0 unspecified atom stereocenters. The number of hydrogen-bond donors (Lipinski definition) is 2. The van der Waals surface area contributed by atoms with Gasteiger partial charge in [0.1, 0.15) is 0 Å². The molecule has 1 aliphatic carbocycles. The highest BCUT2D eigenvalue weighted by Gasteiger charge is 2.29. The molecule has 2 rings (SSSR count). The van der Waals surface area contributed by atoms with E-state index in [0.717, 1.165) is 24.1 Å². The van der Waals surface area contributed by atoms with Gasteiger partial charge in [-0.25, -0.2) is 0 Å². The van der Waals surface area contributed by atoms with Gasteiger partial charge in [-0.15, -0.1) is 11.6 Å². The highest BCUT2D eigenvalue weighted by molar-refractivity contribution is 6.17. The Labute approximate surface area is 123 Å². The predicted octanol–water partition coefficient (Wildman–Crippen LogP) is 2.67. The number of alkyl halides is 1. The topological polar surface area (TPSA) is 58.2 Å². The maximum Gasteiger partial charge on any atom is 0.227 e. The van der Waals surface area contributed by atoms with Gasteiger partial charge in [0.25, 0.3) is 0 Å². The van der Waals surface area contributed by atoms with Crippen molar-refractivity contribution in [3.05, 3.63) is 29.8 Å². The van der Waals surface area contributed by atoms with E-state index in [0.29, 0.717) is 25.3 Å². The van der Waals surface area contributed by atoms with Crippen molar-refractivity contribution < 1.29 is 9.59 Å². The van der Waals surface area contributed by atoms with Crippen LogP contribution in [0.2, 0.25) is 0 Å². The number of carbonyl (C=O) groups excluding carboxylic acids is 2. The number of benzene rings is 1. The van der Waals surface area contributed by atoms with Gasteiger partial charge >= 0.3 is 0 Å². The summed E-state index contributed by atoms with van der Waals surface area (Å²) in [5.74, 6) is 0.822. The molecule has 2 amide bonds. The normalized spacial score (nSPS) is 13.8. The summed E-state index contributed by atoms with van der Waals surface area (Å²) in [7, 11) is 0. The molecule has 2 N–H and O–H groups in total. The first-order valence-electron chi connectivity index (χ1n) is 6.91. The highest BCUT2D eigenvalue weighted by atomic mass is 35.5. The molecule has 0 spiro atoms. The molecule has 0 heterocycles. The van der Waals surface area contributed by atoms with Gasteiger partial charge in [0.2, 0.25) is 11.8 Å². The predicted molar refractivity (Wildman–Crippen MR) is 79.6 cm³/mol. The molecule has 0 radical (unpaired) electrons. The number of amides is 2. The van der Waals surface area contributed by atoms with Crippen LogP contribution in [-0.2, 0) is 16.1 Å². The van der Waals surface area contributed by atoms with Gasteiger partial charge in [-0.05, 0) is 37.0 Å². The van der Waals surface area contributed by atoms with E-state index >= 15 is 0 Å². The van der Waals surface area contributed by atoms with Crippen molar-refractivity contribution in [3.8, 4) is 0 Å². The summed E-state index contributed by atoms with van der Waals surface area (Å²) in [6.07, 6.45) is 3.15. The maximum atomic E-state index is 11.6. The smallest absolute Gasteiger partial charge is 0.227 e. The average molecular weight is 295 g/mol. The monoisotopic (exact) mass is 294 g/mol. The van der Waals surface area contributed by atoms with Crippen molar-refractivity contribution in [3.63, 3.8) is 0 Å². The van der Waals surface area contributed by atoms with Crippen LogP contribution in [0.5, 0.6) is 0 Å². The highest BCUT2D eigenvalue weighted by Crippen LogP contribution is 2.30. The summed E-state index contributed by atoms with van der Waals surface area (Å²) in [6, 6.07) is 7.54. The van der Waals surface area contributed by atoms with Gasteiger partial charge in [-0.3, -0.25) is 9.59 Å². The lowest BCUT2D eigenvalue weighted by molar-refractivity contribution is -0.121. The first-order chi connectivity index (χ1) is 9.69. The Morgan fingerprint density at radius 1 is 1.20 bits per heavy atom. The summed E-state index contributed by atoms with van der Waals surface area (Å²) < 4.78 is 0. The van der Waals surface area contributed by atoms with Gasteiger partial charge in [0.15, 0.2) is 0 Å². The second-order valence-corrected chi connectivity index (χ2v) is 5.41. The first-order valence-corrected chi connectivity index (χ1v) is 7.45.